The minimum absolute atomic E-state index is 0.0740. The molecule has 3 aromatic carbocycles. The van der Waals surface area contributed by atoms with Gasteiger partial charge in [0.2, 0.25) is 17.6 Å². The van der Waals surface area contributed by atoms with Gasteiger partial charge in [-0.1, -0.05) is 30.3 Å². The average Bonchev–Trinajstić information content (AvgIpc) is 3.72. The molecule has 1 aromatic heterocycles. The number of rotatable bonds is 13. The van der Waals surface area contributed by atoms with Crippen LogP contribution in [0, 0.1) is 24.6 Å². The summed E-state index contributed by atoms with van der Waals surface area (Å²) in [5, 5.41) is 33.7. The van der Waals surface area contributed by atoms with Crippen LogP contribution in [-0.2, 0) is 16.0 Å². The molecule has 1 atom stereocenters. The van der Waals surface area contributed by atoms with Crippen LogP contribution in [0.15, 0.2) is 60.7 Å². The molecule has 6 rings (SSSR count). The smallest absolute Gasteiger partial charge is 0.404 e. The van der Waals surface area contributed by atoms with Crippen LogP contribution < -0.4 is 21.3 Å². The molecule has 0 unspecified atom stereocenters. The summed E-state index contributed by atoms with van der Waals surface area (Å²) in [5.74, 6) is -1.64. The maximum Gasteiger partial charge on any atom is 0.404 e. The number of nitrogens with one attached hydrogen (secondary N) is 5. The fraction of sp³-hybridized carbons (Fsp3) is 0.439. The molecule has 0 saturated heterocycles. The van der Waals surface area contributed by atoms with E-state index in [1.807, 2.05) is 49.4 Å². The quantitative estimate of drug-likeness (QED) is 0.104. The van der Waals surface area contributed by atoms with Gasteiger partial charge in [-0.3, -0.25) is 14.4 Å². The summed E-state index contributed by atoms with van der Waals surface area (Å²) in [4.78, 5) is 53.9. The van der Waals surface area contributed by atoms with Crippen LogP contribution in [0.3, 0.4) is 0 Å². The Bertz CT molecular complexity index is 2010. The molecule has 2 aliphatic rings. The van der Waals surface area contributed by atoms with E-state index in [-0.39, 0.29) is 53.2 Å². The first kappa shape index (κ1) is 40.0. The van der Waals surface area contributed by atoms with E-state index >= 15 is 4.39 Å². The van der Waals surface area contributed by atoms with Crippen LogP contribution in [0.1, 0.15) is 72.9 Å². The number of nitrogens with zero attached hydrogens (tertiary/aromatic N) is 4. The zero-order chi connectivity index (χ0) is 39.8. The number of carbonyl (C=O) groups is 4. The summed E-state index contributed by atoms with van der Waals surface area (Å²) in [6.45, 7) is 2.30. The molecule has 0 aliphatic heterocycles. The van der Waals surface area contributed by atoms with Crippen molar-refractivity contribution in [2.45, 2.75) is 82.8 Å². The first-order valence-electron chi connectivity index (χ1n) is 19.2. The normalized spacial score (nSPS) is 20.2. The first-order valence-corrected chi connectivity index (χ1v) is 19.2. The van der Waals surface area contributed by atoms with Crippen LogP contribution in [0.5, 0.6) is 0 Å². The summed E-state index contributed by atoms with van der Waals surface area (Å²) in [7, 11) is 4.20. The summed E-state index contributed by atoms with van der Waals surface area (Å²) in [5.41, 5.74) is 4.46. The maximum absolute atomic E-state index is 15.0. The van der Waals surface area contributed by atoms with Gasteiger partial charge in [-0.05, 0) is 136 Å². The Morgan fingerprint density at radius 2 is 1.68 bits per heavy atom. The molecular formula is C41H50FN9O5. The molecule has 2 fully saturated rings. The van der Waals surface area contributed by atoms with Gasteiger partial charge in [0.25, 0.3) is 5.91 Å². The van der Waals surface area contributed by atoms with Gasteiger partial charge < -0.3 is 31.3 Å². The molecule has 2 saturated carbocycles. The van der Waals surface area contributed by atoms with Gasteiger partial charge in [0.1, 0.15) is 11.9 Å². The minimum atomic E-state index is -1.07. The second kappa shape index (κ2) is 18.3. The van der Waals surface area contributed by atoms with E-state index in [9.17, 15) is 19.2 Å². The zero-order valence-electron chi connectivity index (χ0n) is 32.0. The lowest BCUT2D eigenvalue weighted by molar-refractivity contribution is -0.130. The summed E-state index contributed by atoms with van der Waals surface area (Å²) < 4.78 is 15.0. The highest BCUT2D eigenvalue weighted by molar-refractivity contribution is 5.98. The van der Waals surface area contributed by atoms with Gasteiger partial charge in [0.15, 0.2) is 0 Å². The van der Waals surface area contributed by atoms with Crippen LogP contribution >= 0.6 is 0 Å². The molecule has 4 aromatic rings. The molecule has 0 spiro atoms. The maximum atomic E-state index is 15.0. The molecular weight excluding hydrogens is 718 g/mol. The Morgan fingerprint density at radius 1 is 0.929 bits per heavy atom. The Labute approximate surface area is 325 Å². The molecule has 4 amide bonds. The van der Waals surface area contributed by atoms with E-state index in [0.29, 0.717) is 43.8 Å². The number of amides is 4. The Hall–Kier alpha value is -5.70. The number of carbonyl (C=O) groups excluding carboxylic acids is 3. The van der Waals surface area contributed by atoms with Crippen LogP contribution in [0.25, 0.3) is 22.5 Å². The number of carboxylic acid groups (broad SMARTS) is 1. The molecule has 0 radical (unpaired) electrons. The SMILES string of the molecule is Cc1cc(C(=O)NC2CCC(N(C)C)CC2)ccc1-c1cccc(C[C@H](NC(=O)C2CCC(CNC(=O)O)CC2)C(=O)Nc2ccc(-c3nn[nH]n3)c(F)c2)c1. The lowest BCUT2D eigenvalue weighted by atomic mass is 9.81. The van der Waals surface area contributed by atoms with Gasteiger partial charge in [0.05, 0.1) is 5.56 Å². The number of aromatic nitrogens is 4. The Balaban J connectivity index is 1.15. The number of benzene rings is 3. The highest BCUT2D eigenvalue weighted by Gasteiger charge is 2.30. The van der Waals surface area contributed by atoms with Crippen molar-refractivity contribution in [2.24, 2.45) is 11.8 Å². The predicted octanol–water partition coefficient (Wildman–Crippen LogP) is 5.32. The third-order valence-corrected chi connectivity index (χ3v) is 11.1. The van der Waals surface area contributed by atoms with E-state index in [4.69, 9.17) is 5.11 Å². The molecule has 14 nitrogen and oxygen atoms in total. The van der Waals surface area contributed by atoms with Crippen molar-refractivity contribution < 1.29 is 28.7 Å². The lowest BCUT2D eigenvalue weighted by Crippen LogP contribution is -2.48. The van der Waals surface area contributed by atoms with Crippen molar-refractivity contribution >= 4 is 29.5 Å². The molecule has 6 N–H and O–H groups in total. The van der Waals surface area contributed by atoms with Crippen molar-refractivity contribution in [2.75, 3.05) is 26.0 Å². The van der Waals surface area contributed by atoms with Crippen molar-refractivity contribution in [3.05, 3.63) is 83.2 Å². The van der Waals surface area contributed by atoms with E-state index in [2.05, 4.69) is 60.9 Å². The van der Waals surface area contributed by atoms with Crippen molar-refractivity contribution in [3.63, 3.8) is 0 Å². The van der Waals surface area contributed by atoms with E-state index in [1.165, 1.54) is 12.1 Å². The summed E-state index contributed by atoms with van der Waals surface area (Å²) in [6.07, 6.45) is 5.60. The number of anilines is 1. The second-order valence-corrected chi connectivity index (χ2v) is 15.3. The molecule has 2 aliphatic carbocycles. The minimum Gasteiger partial charge on any atom is -0.465 e. The second-order valence-electron chi connectivity index (χ2n) is 15.3. The van der Waals surface area contributed by atoms with Gasteiger partial charge in [0, 0.05) is 42.2 Å². The Kier molecular flexibility index (Phi) is 13.1. The number of aromatic amines is 1. The fourth-order valence-corrected chi connectivity index (χ4v) is 7.87. The molecule has 0 bridgehead atoms. The molecule has 296 valence electrons. The van der Waals surface area contributed by atoms with Crippen molar-refractivity contribution in [1.82, 2.24) is 41.5 Å². The zero-order valence-corrected chi connectivity index (χ0v) is 32.0. The molecule has 1 heterocycles. The van der Waals surface area contributed by atoms with Crippen LogP contribution in [0.2, 0.25) is 0 Å². The number of halogens is 1. The predicted molar refractivity (Wildman–Crippen MR) is 209 cm³/mol. The highest BCUT2D eigenvalue weighted by atomic mass is 19.1. The summed E-state index contributed by atoms with van der Waals surface area (Å²) >= 11 is 0. The van der Waals surface area contributed by atoms with Gasteiger partial charge in [-0.25, -0.2) is 9.18 Å². The average molecular weight is 768 g/mol. The van der Waals surface area contributed by atoms with Crippen molar-refractivity contribution in [1.29, 1.82) is 0 Å². The number of hydrogen-bond donors (Lipinski definition) is 6. The van der Waals surface area contributed by atoms with E-state index in [0.717, 1.165) is 54.0 Å². The standard InChI is InChI=1S/C41H50FN9O5/c1-24-19-29(39(53)44-30-12-15-32(16-13-30)51(2)3)11-17-33(24)28-6-4-5-26(20-28)21-36(46-38(52)27-9-7-25(8-10-27)23-43-41(55)56)40(54)45-31-14-18-34(35(42)22-31)37-47-49-50-48-37/h4-6,11,14,17-20,22,25,27,30,32,36,43H,7-10,12-13,15-16,21,23H2,1-3H3,(H,44,53)(H,45,54)(H,46,52)(H,55,56)(H,47,48,49,50)/t25?,27?,30?,32?,36-/m0/s1. The lowest BCUT2D eigenvalue weighted by Gasteiger charge is -2.33. The number of H-pyrrole nitrogens is 1. The van der Waals surface area contributed by atoms with Gasteiger partial charge in [-0.2, -0.15) is 5.21 Å². The van der Waals surface area contributed by atoms with E-state index in [1.54, 1.807) is 0 Å². The monoisotopic (exact) mass is 767 g/mol. The van der Waals surface area contributed by atoms with Crippen molar-refractivity contribution in [3.8, 4) is 22.5 Å². The third kappa shape index (κ3) is 10.3. The largest absolute Gasteiger partial charge is 0.465 e. The van der Waals surface area contributed by atoms with E-state index < -0.39 is 23.9 Å². The third-order valence-electron chi connectivity index (χ3n) is 11.1. The highest BCUT2D eigenvalue weighted by Crippen LogP contribution is 2.30. The van der Waals surface area contributed by atoms with Crippen LogP contribution in [-0.4, -0.2) is 93.2 Å². The number of hydrogen-bond acceptors (Lipinski definition) is 8. The molecule has 15 heteroatoms. The summed E-state index contributed by atoms with van der Waals surface area (Å²) in [6, 6.07) is 17.2. The fourth-order valence-electron chi connectivity index (χ4n) is 7.87. The number of tetrazole rings is 1. The topological polar surface area (TPSA) is 194 Å². The van der Waals surface area contributed by atoms with Gasteiger partial charge >= 0.3 is 6.09 Å². The first-order chi connectivity index (χ1) is 26.9. The van der Waals surface area contributed by atoms with Gasteiger partial charge in [-0.15, -0.1) is 10.2 Å². The Morgan fingerprint density at radius 3 is 2.34 bits per heavy atom. The number of aryl methyl sites for hydroxylation is 1. The van der Waals surface area contributed by atoms with Crippen LogP contribution in [0.4, 0.5) is 14.9 Å². The molecule has 56 heavy (non-hydrogen) atoms.